The van der Waals surface area contributed by atoms with Gasteiger partial charge in [0, 0.05) is 17.7 Å². The summed E-state index contributed by atoms with van der Waals surface area (Å²) in [6.45, 7) is 1.36. The highest BCUT2D eigenvalue weighted by atomic mass is 19.4. The fourth-order valence-corrected chi connectivity index (χ4v) is 2.30. The highest BCUT2D eigenvalue weighted by Crippen LogP contribution is 2.29. The number of carbonyl (C=O) groups excluding carboxylic acids is 2. The monoisotopic (exact) mass is 385 g/mol. The van der Waals surface area contributed by atoms with Crippen LogP contribution in [0.4, 0.5) is 13.2 Å². The Morgan fingerprint density at radius 3 is 2.52 bits per heavy atom. The van der Waals surface area contributed by atoms with E-state index in [-0.39, 0.29) is 29.6 Å². The summed E-state index contributed by atoms with van der Waals surface area (Å²) in [5.74, 6) is -3.36. The first kappa shape index (κ1) is 19.0. The third-order valence-electron chi connectivity index (χ3n) is 3.66. The predicted octanol–water partition coefficient (Wildman–Crippen LogP) is 1.47. The van der Waals surface area contributed by atoms with Crippen molar-refractivity contribution in [2.45, 2.75) is 12.3 Å². The highest BCUT2D eigenvalue weighted by Gasteiger charge is 2.38. The first-order chi connectivity index (χ1) is 12.8. The van der Waals surface area contributed by atoms with Crippen molar-refractivity contribution < 1.29 is 36.8 Å². The molecule has 0 spiro atoms. The number of carbonyl (C=O) groups is 2. The molecule has 144 valence electrons. The summed E-state index contributed by atoms with van der Waals surface area (Å²) in [6, 6.07) is 5.23. The molecule has 1 aliphatic heterocycles. The van der Waals surface area contributed by atoms with Gasteiger partial charge in [-0.15, -0.1) is 0 Å². The van der Waals surface area contributed by atoms with E-state index in [0.29, 0.717) is 19.8 Å². The fourth-order valence-electron chi connectivity index (χ4n) is 2.30. The van der Waals surface area contributed by atoms with Crippen molar-refractivity contribution in [3.8, 4) is 11.4 Å². The maximum atomic E-state index is 12.5. The van der Waals surface area contributed by atoms with E-state index >= 15 is 0 Å². The van der Waals surface area contributed by atoms with E-state index in [1.54, 1.807) is 0 Å². The molecule has 1 amide bonds. The van der Waals surface area contributed by atoms with Crippen LogP contribution < -0.4 is 5.32 Å². The van der Waals surface area contributed by atoms with Gasteiger partial charge in [0.25, 0.3) is 5.91 Å². The molecule has 1 saturated heterocycles. The minimum Gasteiger partial charge on any atom is -0.376 e. The van der Waals surface area contributed by atoms with Crippen molar-refractivity contribution in [3.63, 3.8) is 0 Å². The van der Waals surface area contributed by atoms with Gasteiger partial charge in [-0.25, -0.2) is 0 Å². The second kappa shape index (κ2) is 7.84. The largest absolute Gasteiger partial charge is 0.471 e. The van der Waals surface area contributed by atoms with Crippen molar-refractivity contribution >= 4 is 11.7 Å². The lowest BCUT2D eigenvalue weighted by Gasteiger charge is -2.22. The number of halogens is 3. The van der Waals surface area contributed by atoms with E-state index < -0.39 is 23.8 Å². The Kier molecular flexibility index (Phi) is 5.51. The number of ketones is 1. The van der Waals surface area contributed by atoms with Crippen molar-refractivity contribution in [2.75, 3.05) is 26.4 Å². The molecule has 3 rings (SSSR count). The zero-order valence-electron chi connectivity index (χ0n) is 13.8. The zero-order valence-corrected chi connectivity index (χ0v) is 13.8. The van der Waals surface area contributed by atoms with Crippen LogP contribution in [-0.4, -0.2) is 54.3 Å². The van der Waals surface area contributed by atoms with Gasteiger partial charge in [-0.3, -0.25) is 9.59 Å². The molecule has 0 radical (unpaired) electrons. The summed E-state index contributed by atoms with van der Waals surface area (Å²) in [5.41, 5.74) is 0.274. The lowest BCUT2D eigenvalue weighted by atomic mass is 10.1. The summed E-state index contributed by atoms with van der Waals surface area (Å²) in [6.07, 6.45) is -5.06. The fraction of sp³-hybridized carbons (Fsp3) is 0.375. The van der Waals surface area contributed by atoms with Gasteiger partial charge in [-0.2, -0.15) is 18.2 Å². The van der Waals surface area contributed by atoms with E-state index in [0.717, 1.165) is 0 Å². The third kappa shape index (κ3) is 4.68. The van der Waals surface area contributed by atoms with Gasteiger partial charge in [0.1, 0.15) is 0 Å². The molecule has 1 atom stereocenters. The quantitative estimate of drug-likeness (QED) is 0.614. The van der Waals surface area contributed by atoms with E-state index in [4.69, 9.17) is 9.47 Å². The number of aromatic nitrogens is 2. The third-order valence-corrected chi connectivity index (χ3v) is 3.66. The van der Waals surface area contributed by atoms with E-state index in [9.17, 15) is 22.8 Å². The number of nitrogens with zero attached hydrogens (tertiary/aromatic N) is 2. The number of ether oxygens (including phenoxy) is 2. The number of hydrogen-bond acceptors (Lipinski definition) is 7. The van der Waals surface area contributed by atoms with Gasteiger partial charge >= 0.3 is 12.1 Å². The zero-order chi connectivity index (χ0) is 19.4. The number of nitrogens with one attached hydrogen (secondary N) is 1. The van der Waals surface area contributed by atoms with Crippen LogP contribution in [0, 0.1) is 0 Å². The maximum absolute atomic E-state index is 12.5. The minimum atomic E-state index is -4.74. The van der Waals surface area contributed by atoms with Crippen LogP contribution in [0.1, 0.15) is 16.2 Å². The summed E-state index contributed by atoms with van der Waals surface area (Å²) in [5, 5.41) is 5.71. The summed E-state index contributed by atoms with van der Waals surface area (Å²) in [4.78, 5) is 27.3. The number of benzene rings is 1. The van der Waals surface area contributed by atoms with Crippen molar-refractivity contribution in [1.82, 2.24) is 15.5 Å². The Bertz CT molecular complexity index is 813. The van der Waals surface area contributed by atoms with Gasteiger partial charge in [0.15, 0.2) is 0 Å². The van der Waals surface area contributed by atoms with Crippen LogP contribution in [0.15, 0.2) is 28.8 Å². The molecule has 0 aliphatic carbocycles. The first-order valence-corrected chi connectivity index (χ1v) is 7.88. The molecular weight excluding hydrogens is 371 g/mol. The molecule has 27 heavy (non-hydrogen) atoms. The molecule has 1 fully saturated rings. The Morgan fingerprint density at radius 2 is 1.93 bits per heavy atom. The standard InChI is InChI=1S/C16H14F3N3O5/c17-16(18,19)15-21-13(22-27-15)10-3-1-9(2-4-10)12(23)14(24)20-7-11-8-25-5-6-26-11/h1-4,11H,5-8H2,(H,20,24). The molecule has 1 aromatic heterocycles. The molecule has 0 saturated carbocycles. The topological polar surface area (TPSA) is 104 Å². The van der Waals surface area contributed by atoms with Gasteiger partial charge in [0.05, 0.1) is 25.9 Å². The summed E-state index contributed by atoms with van der Waals surface area (Å²) in [7, 11) is 0. The molecule has 1 unspecified atom stereocenters. The average molecular weight is 385 g/mol. The Labute approximate surface area is 150 Å². The maximum Gasteiger partial charge on any atom is 0.471 e. The van der Waals surface area contributed by atoms with E-state index in [1.165, 1.54) is 24.3 Å². The normalized spacial score (nSPS) is 17.5. The molecule has 1 N–H and O–H groups in total. The summed E-state index contributed by atoms with van der Waals surface area (Å²) < 4.78 is 52.1. The first-order valence-electron chi connectivity index (χ1n) is 7.88. The van der Waals surface area contributed by atoms with Crippen LogP contribution in [0.5, 0.6) is 0 Å². The van der Waals surface area contributed by atoms with Crippen LogP contribution in [0.25, 0.3) is 11.4 Å². The molecule has 0 bridgehead atoms. The van der Waals surface area contributed by atoms with Gasteiger partial charge in [0.2, 0.25) is 11.6 Å². The van der Waals surface area contributed by atoms with Crippen molar-refractivity contribution in [2.24, 2.45) is 0 Å². The van der Waals surface area contributed by atoms with Crippen LogP contribution >= 0.6 is 0 Å². The molecule has 1 aromatic carbocycles. The SMILES string of the molecule is O=C(NCC1COCCO1)C(=O)c1ccc(-c2noc(C(F)(F)F)n2)cc1. The minimum absolute atomic E-state index is 0.0663. The Hall–Kier alpha value is -2.79. The summed E-state index contributed by atoms with van der Waals surface area (Å²) >= 11 is 0. The van der Waals surface area contributed by atoms with E-state index in [2.05, 4.69) is 20.0 Å². The molecule has 8 nitrogen and oxygen atoms in total. The van der Waals surface area contributed by atoms with Gasteiger partial charge in [-0.1, -0.05) is 29.4 Å². The van der Waals surface area contributed by atoms with Crippen molar-refractivity contribution in [3.05, 3.63) is 35.7 Å². The number of amides is 1. The van der Waals surface area contributed by atoms with Crippen LogP contribution in [-0.2, 0) is 20.4 Å². The van der Waals surface area contributed by atoms with Gasteiger partial charge in [-0.05, 0) is 0 Å². The Balaban J connectivity index is 1.61. The Morgan fingerprint density at radius 1 is 1.19 bits per heavy atom. The second-order valence-electron chi connectivity index (χ2n) is 5.61. The highest BCUT2D eigenvalue weighted by molar-refractivity contribution is 6.42. The smallest absolute Gasteiger partial charge is 0.376 e. The van der Waals surface area contributed by atoms with E-state index in [1.807, 2.05) is 0 Å². The van der Waals surface area contributed by atoms with Crippen molar-refractivity contribution in [1.29, 1.82) is 0 Å². The number of hydrogen-bond donors (Lipinski definition) is 1. The van der Waals surface area contributed by atoms with Crippen LogP contribution in [0.3, 0.4) is 0 Å². The lowest BCUT2D eigenvalue weighted by Crippen LogP contribution is -2.42. The predicted molar refractivity (Wildman–Crippen MR) is 82.6 cm³/mol. The van der Waals surface area contributed by atoms with Gasteiger partial charge < -0.3 is 19.3 Å². The average Bonchev–Trinajstić information content (AvgIpc) is 3.17. The lowest BCUT2D eigenvalue weighted by molar-refractivity contribution is -0.159. The molecular formula is C16H14F3N3O5. The molecule has 2 aromatic rings. The molecule has 1 aliphatic rings. The molecule has 11 heteroatoms. The van der Waals surface area contributed by atoms with Crippen LogP contribution in [0.2, 0.25) is 0 Å². The number of Topliss-reactive ketones (excluding diaryl/α,β-unsaturated/α-hetero) is 1. The molecule has 2 heterocycles. The number of rotatable bonds is 5. The second-order valence-corrected chi connectivity index (χ2v) is 5.61. The number of alkyl halides is 3.